The van der Waals surface area contributed by atoms with Crippen LogP contribution >= 0.6 is 0 Å². The third-order valence-electron chi connectivity index (χ3n) is 3.79. The molecule has 3 heteroatoms. The smallest absolute Gasteiger partial charge is 0.0582 e. The van der Waals surface area contributed by atoms with Gasteiger partial charge in [0.15, 0.2) is 0 Å². The van der Waals surface area contributed by atoms with E-state index >= 15 is 0 Å². The summed E-state index contributed by atoms with van der Waals surface area (Å²) in [5, 5.41) is 0. The molecule has 0 atom stereocenters. The van der Waals surface area contributed by atoms with Crippen molar-refractivity contribution in [2.45, 2.75) is 18.9 Å². The van der Waals surface area contributed by atoms with Gasteiger partial charge >= 0.3 is 0 Å². The Hall–Kier alpha value is -1.84. The molecule has 104 valence electrons. The summed E-state index contributed by atoms with van der Waals surface area (Å²) in [6, 6.07) is 18.9. The second-order valence-electron chi connectivity index (χ2n) is 5.59. The maximum absolute atomic E-state index is 5.31. The highest BCUT2D eigenvalue weighted by atomic mass is 16.5. The zero-order valence-corrected chi connectivity index (χ0v) is 11.7. The summed E-state index contributed by atoms with van der Waals surface area (Å²) < 4.78 is 5.31. The fourth-order valence-corrected chi connectivity index (χ4v) is 2.37. The molecule has 2 N–H and O–H groups in total. The van der Waals surface area contributed by atoms with Crippen LogP contribution in [0.2, 0.25) is 0 Å². The van der Waals surface area contributed by atoms with Gasteiger partial charge in [-0.15, -0.1) is 0 Å². The van der Waals surface area contributed by atoms with Gasteiger partial charge in [0.2, 0.25) is 0 Å². The van der Waals surface area contributed by atoms with Gasteiger partial charge in [-0.2, -0.15) is 0 Å². The Kier molecular flexibility index (Phi) is 3.72. The molecule has 0 unspecified atom stereocenters. The molecule has 0 saturated carbocycles. The van der Waals surface area contributed by atoms with Crippen LogP contribution in [-0.2, 0) is 16.7 Å². The van der Waals surface area contributed by atoms with Gasteiger partial charge in [-0.25, -0.2) is 5.43 Å². The summed E-state index contributed by atoms with van der Waals surface area (Å²) in [6.45, 7) is 4.71. The van der Waals surface area contributed by atoms with Gasteiger partial charge in [-0.05, 0) is 23.3 Å². The molecule has 0 bridgehead atoms. The van der Waals surface area contributed by atoms with Crippen LogP contribution in [0.5, 0.6) is 0 Å². The van der Waals surface area contributed by atoms with Crippen LogP contribution < -0.4 is 10.9 Å². The number of hydrazine groups is 1. The van der Waals surface area contributed by atoms with E-state index in [0.717, 1.165) is 25.4 Å². The minimum atomic E-state index is 0.217. The van der Waals surface area contributed by atoms with Crippen molar-refractivity contribution in [1.29, 1.82) is 0 Å². The van der Waals surface area contributed by atoms with E-state index in [9.17, 15) is 0 Å². The summed E-state index contributed by atoms with van der Waals surface area (Å²) >= 11 is 0. The molecule has 1 heterocycles. The van der Waals surface area contributed by atoms with Gasteiger partial charge in [0, 0.05) is 17.6 Å². The number of ether oxygens (including phenoxy) is 1. The molecule has 0 aromatic heterocycles. The summed E-state index contributed by atoms with van der Waals surface area (Å²) in [5.41, 5.74) is 10.3. The van der Waals surface area contributed by atoms with E-state index in [-0.39, 0.29) is 5.41 Å². The number of hydrogen-bond donors (Lipinski definition) is 2. The lowest BCUT2D eigenvalue weighted by molar-refractivity contribution is -0.0500. The van der Waals surface area contributed by atoms with Crippen LogP contribution in [0, 0.1) is 0 Å². The van der Waals surface area contributed by atoms with Crippen molar-refractivity contribution in [2.24, 2.45) is 0 Å². The zero-order chi connectivity index (χ0) is 13.8. The first-order valence-electron chi connectivity index (χ1n) is 6.97. The van der Waals surface area contributed by atoms with E-state index in [1.165, 1.54) is 11.1 Å². The molecule has 1 aliphatic rings. The van der Waals surface area contributed by atoms with Gasteiger partial charge in [0.05, 0.1) is 13.2 Å². The molecule has 2 aromatic carbocycles. The van der Waals surface area contributed by atoms with Gasteiger partial charge in [-0.1, -0.05) is 49.4 Å². The van der Waals surface area contributed by atoms with Crippen molar-refractivity contribution in [2.75, 3.05) is 18.6 Å². The van der Waals surface area contributed by atoms with Crippen molar-refractivity contribution in [1.82, 2.24) is 5.43 Å². The second-order valence-corrected chi connectivity index (χ2v) is 5.59. The minimum Gasteiger partial charge on any atom is -0.379 e. The van der Waals surface area contributed by atoms with E-state index in [0.29, 0.717) is 0 Å². The molecule has 1 saturated heterocycles. The molecule has 3 rings (SSSR count). The van der Waals surface area contributed by atoms with Crippen molar-refractivity contribution < 1.29 is 4.74 Å². The molecule has 0 amide bonds. The molecule has 0 spiro atoms. The SMILES string of the molecule is CC1(c2ccc(CNNc3ccccc3)cc2)COC1. The van der Waals surface area contributed by atoms with Crippen LogP contribution in [-0.4, -0.2) is 13.2 Å². The first kappa shape index (κ1) is 13.2. The van der Waals surface area contributed by atoms with Crippen LogP contribution in [0.1, 0.15) is 18.1 Å². The Morgan fingerprint density at radius 3 is 2.30 bits per heavy atom. The van der Waals surface area contributed by atoms with Crippen molar-refractivity contribution in [3.05, 3.63) is 65.7 Å². The topological polar surface area (TPSA) is 33.3 Å². The normalized spacial score (nSPS) is 16.4. The third kappa shape index (κ3) is 2.84. The highest BCUT2D eigenvalue weighted by Gasteiger charge is 2.34. The Labute approximate surface area is 119 Å². The summed E-state index contributed by atoms with van der Waals surface area (Å²) in [6.07, 6.45) is 0. The van der Waals surface area contributed by atoms with Crippen LogP contribution in [0.4, 0.5) is 5.69 Å². The fraction of sp³-hybridized carbons (Fsp3) is 0.294. The molecule has 2 aromatic rings. The van der Waals surface area contributed by atoms with Crippen molar-refractivity contribution >= 4 is 5.69 Å². The van der Waals surface area contributed by atoms with E-state index < -0.39 is 0 Å². The fourth-order valence-electron chi connectivity index (χ4n) is 2.37. The lowest BCUT2D eigenvalue weighted by Gasteiger charge is -2.38. The van der Waals surface area contributed by atoms with Crippen LogP contribution in [0.15, 0.2) is 54.6 Å². The third-order valence-corrected chi connectivity index (χ3v) is 3.79. The maximum Gasteiger partial charge on any atom is 0.0582 e. The number of para-hydroxylation sites is 1. The molecule has 0 radical (unpaired) electrons. The first-order chi connectivity index (χ1) is 9.76. The number of benzene rings is 2. The van der Waals surface area contributed by atoms with Gasteiger partial charge in [-0.3, -0.25) is 0 Å². The molecule has 3 nitrogen and oxygen atoms in total. The van der Waals surface area contributed by atoms with E-state index in [2.05, 4.69) is 42.0 Å². The van der Waals surface area contributed by atoms with Crippen LogP contribution in [0.25, 0.3) is 0 Å². The predicted molar refractivity (Wildman–Crippen MR) is 81.5 cm³/mol. The lowest BCUT2D eigenvalue weighted by atomic mass is 9.80. The highest BCUT2D eigenvalue weighted by molar-refractivity contribution is 5.41. The summed E-state index contributed by atoms with van der Waals surface area (Å²) in [7, 11) is 0. The molecular weight excluding hydrogens is 248 g/mol. The number of anilines is 1. The first-order valence-corrected chi connectivity index (χ1v) is 6.97. The Balaban J connectivity index is 1.53. The molecule has 1 aliphatic heterocycles. The number of hydrogen-bond acceptors (Lipinski definition) is 3. The van der Waals surface area contributed by atoms with E-state index in [4.69, 9.17) is 4.74 Å². The van der Waals surface area contributed by atoms with Crippen molar-refractivity contribution in [3.8, 4) is 0 Å². The molecule has 0 aliphatic carbocycles. The standard InChI is InChI=1S/C17H20N2O/c1-17(12-20-13-17)15-9-7-14(8-10-15)11-18-19-16-5-3-2-4-6-16/h2-10,18-19H,11-13H2,1H3. The predicted octanol–water partition coefficient (Wildman–Crippen LogP) is 3.09. The second kappa shape index (κ2) is 5.65. The lowest BCUT2D eigenvalue weighted by Crippen LogP contribution is -2.43. The number of nitrogens with one attached hydrogen (secondary N) is 2. The molecule has 20 heavy (non-hydrogen) atoms. The quantitative estimate of drug-likeness (QED) is 0.818. The van der Waals surface area contributed by atoms with E-state index in [1.54, 1.807) is 0 Å². The highest BCUT2D eigenvalue weighted by Crippen LogP contribution is 2.31. The number of rotatable bonds is 5. The largest absolute Gasteiger partial charge is 0.379 e. The summed E-state index contributed by atoms with van der Waals surface area (Å²) in [4.78, 5) is 0. The monoisotopic (exact) mass is 268 g/mol. The van der Waals surface area contributed by atoms with Crippen LogP contribution in [0.3, 0.4) is 0 Å². The minimum absolute atomic E-state index is 0.217. The average molecular weight is 268 g/mol. The zero-order valence-electron chi connectivity index (χ0n) is 11.7. The Morgan fingerprint density at radius 1 is 1.00 bits per heavy atom. The van der Waals surface area contributed by atoms with E-state index in [1.807, 2.05) is 30.3 Å². The van der Waals surface area contributed by atoms with Crippen molar-refractivity contribution in [3.63, 3.8) is 0 Å². The summed E-state index contributed by atoms with van der Waals surface area (Å²) in [5.74, 6) is 0. The van der Waals surface area contributed by atoms with Gasteiger partial charge in [0.1, 0.15) is 0 Å². The maximum atomic E-state index is 5.31. The Morgan fingerprint density at radius 2 is 1.70 bits per heavy atom. The molecular formula is C17H20N2O. The molecule has 1 fully saturated rings. The van der Waals surface area contributed by atoms with Gasteiger partial charge in [0.25, 0.3) is 0 Å². The Bertz CT molecular complexity index is 547. The average Bonchev–Trinajstić information content (AvgIpc) is 2.47. The van der Waals surface area contributed by atoms with Gasteiger partial charge < -0.3 is 10.2 Å².